The average molecular weight is 382 g/mol. The van der Waals surface area contributed by atoms with Crippen molar-refractivity contribution in [2.24, 2.45) is 0 Å². The third-order valence-corrected chi connectivity index (χ3v) is 3.60. The molecule has 0 aliphatic carbocycles. The van der Waals surface area contributed by atoms with Gasteiger partial charge in [0.25, 0.3) is 5.91 Å². The second-order valence-electron chi connectivity index (χ2n) is 5.85. The molecule has 0 unspecified atom stereocenters. The molecule has 0 spiro atoms. The number of esters is 1. The number of methoxy groups -OCH3 is 1. The topological polar surface area (TPSA) is 93.7 Å². The first-order chi connectivity index (χ1) is 13.5. The van der Waals surface area contributed by atoms with Gasteiger partial charge in [-0.1, -0.05) is 42.5 Å². The van der Waals surface area contributed by atoms with Gasteiger partial charge >= 0.3 is 5.97 Å². The molecule has 2 amide bonds. The van der Waals surface area contributed by atoms with Crippen molar-refractivity contribution in [3.8, 4) is 5.75 Å². The third kappa shape index (κ3) is 6.95. The minimum Gasteiger partial charge on any atom is -0.497 e. The molecule has 2 N–H and O–H groups in total. The summed E-state index contributed by atoms with van der Waals surface area (Å²) in [6.45, 7) is 1.09. The molecule has 0 saturated carbocycles. The van der Waals surface area contributed by atoms with Gasteiger partial charge in [0.05, 0.1) is 7.11 Å². The molecule has 0 aliphatic rings. The number of nitrogens with one attached hydrogen (secondary N) is 2. The molecule has 0 aromatic heterocycles. The fourth-order valence-electron chi connectivity index (χ4n) is 2.29. The first-order valence-electron chi connectivity index (χ1n) is 8.59. The number of amides is 2. The molecule has 7 nitrogen and oxygen atoms in total. The molecule has 0 bridgehead atoms. The maximum absolute atomic E-state index is 12.2. The molecular formula is C21H22N2O5. The van der Waals surface area contributed by atoms with E-state index >= 15 is 0 Å². The molecule has 0 atom stereocenters. The van der Waals surface area contributed by atoms with Gasteiger partial charge in [-0.25, -0.2) is 4.79 Å². The number of ether oxygens (including phenoxy) is 2. The first kappa shape index (κ1) is 20.7. The zero-order valence-corrected chi connectivity index (χ0v) is 15.7. The van der Waals surface area contributed by atoms with Crippen LogP contribution in [0.25, 0.3) is 6.08 Å². The molecule has 2 rings (SSSR count). The second-order valence-corrected chi connectivity index (χ2v) is 5.85. The molecule has 0 fully saturated rings. The van der Waals surface area contributed by atoms with Crippen molar-refractivity contribution < 1.29 is 23.9 Å². The largest absolute Gasteiger partial charge is 0.497 e. The fourth-order valence-corrected chi connectivity index (χ4v) is 2.29. The number of hydrogen-bond acceptors (Lipinski definition) is 5. The minimum atomic E-state index is -0.796. The van der Waals surface area contributed by atoms with E-state index in [1.165, 1.54) is 13.0 Å². The van der Waals surface area contributed by atoms with Crippen LogP contribution in [0.15, 0.2) is 60.3 Å². The van der Waals surface area contributed by atoms with Crippen LogP contribution in [-0.2, 0) is 25.7 Å². The lowest BCUT2D eigenvalue weighted by Gasteiger charge is -2.10. The summed E-state index contributed by atoms with van der Waals surface area (Å²) in [6, 6.07) is 16.2. The Hall–Kier alpha value is -3.61. The van der Waals surface area contributed by atoms with Crippen LogP contribution < -0.4 is 15.4 Å². The van der Waals surface area contributed by atoms with E-state index in [1.54, 1.807) is 43.5 Å². The predicted octanol–water partition coefficient (Wildman–Crippen LogP) is 2.03. The van der Waals surface area contributed by atoms with Crippen LogP contribution >= 0.6 is 0 Å². The van der Waals surface area contributed by atoms with Crippen LogP contribution in [0.2, 0.25) is 0 Å². The smallest absolute Gasteiger partial charge is 0.355 e. The predicted molar refractivity (Wildman–Crippen MR) is 104 cm³/mol. The Bertz CT molecular complexity index is 862. The van der Waals surface area contributed by atoms with E-state index in [-0.39, 0.29) is 12.2 Å². The van der Waals surface area contributed by atoms with Crippen LogP contribution in [0.4, 0.5) is 0 Å². The quantitative estimate of drug-likeness (QED) is 0.538. The van der Waals surface area contributed by atoms with E-state index in [0.29, 0.717) is 11.3 Å². The number of carbonyl (C=O) groups is 3. The van der Waals surface area contributed by atoms with Crippen LogP contribution in [0.1, 0.15) is 18.1 Å². The third-order valence-electron chi connectivity index (χ3n) is 3.60. The summed E-state index contributed by atoms with van der Waals surface area (Å²) >= 11 is 0. The number of carbonyl (C=O) groups excluding carboxylic acids is 3. The van der Waals surface area contributed by atoms with Crippen LogP contribution in [0, 0.1) is 0 Å². The van der Waals surface area contributed by atoms with E-state index < -0.39 is 24.4 Å². The molecule has 2 aromatic carbocycles. The Morgan fingerprint density at radius 2 is 1.79 bits per heavy atom. The van der Waals surface area contributed by atoms with Gasteiger partial charge in [-0.15, -0.1) is 0 Å². The monoisotopic (exact) mass is 382 g/mol. The standard InChI is InChI=1S/C21H22N2O5/c1-15(24)23-19(12-16-7-4-3-5-8-16)21(26)28-14-20(25)22-13-17-9-6-10-18(11-17)27-2/h3-12H,13-14H2,1-2H3,(H,22,25)(H,23,24)/b19-12-. The van der Waals surface area contributed by atoms with Gasteiger partial charge < -0.3 is 20.1 Å². The van der Waals surface area contributed by atoms with Crippen molar-refractivity contribution in [2.75, 3.05) is 13.7 Å². The van der Waals surface area contributed by atoms with E-state index in [0.717, 1.165) is 5.56 Å². The number of hydrogen-bond donors (Lipinski definition) is 2. The Kier molecular flexibility index (Phi) is 7.77. The summed E-state index contributed by atoms with van der Waals surface area (Å²) in [5, 5.41) is 5.08. The average Bonchev–Trinajstić information content (AvgIpc) is 2.70. The highest BCUT2D eigenvalue weighted by Crippen LogP contribution is 2.12. The lowest BCUT2D eigenvalue weighted by atomic mass is 10.2. The Morgan fingerprint density at radius 3 is 2.46 bits per heavy atom. The molecule has 0 aliphatic heterocycles. The molecule has 0 saturated heterocycles. The zero-order chi connectivity index (χ0) is 20.4. The highest BCUT2D eigenvalue weighted by atomic mass is 16.5. The van der Waals surface area contributed by atoms with Crippen molar-refractivity contribution in [2.45, 2.75) is 13.5 Å². The summed E-state index contributed by atoms with van der Waals surface area (Å²) in [6.07, 6.45) is 1.48. The Labute approximate surface area is 163 Å². The molecular weight excluding hydrogens is 360 g/mol. The maximum atomic E-state index is 12.2. The van der Waals surface area contributed by atoms with E-state index in [4.69, 9.17) is 9.47 Å². The van der Waals surface area contributed by atoms with Gasteiger partial charge in [0.1, 0.15) is 11.4 Å². The highest BCUT2D eigenvalue weighted by Gasteiger charge is 2.15. The van der Waals surface area contributed by atoms with Gasteiger partial charge in [0.2, 0.25) is 5.91 Å². The van der Waals surface area contributed by atoms with Crippen molar-refractivity contribution in [1.82, 2.24) is 10.6 Å². The lowest BCUT2D eigenvalue weighted by molar-refractivity contribution is -0.145. The summed E-state index contributed by atoms with van der Waals surface area (Å²) < 4.78 is 10.1. The minimum absolute atomic E-state index is 0.0423. The van der Waals surface area contributed by atoms with Gasteiger partial charge in [-0.3, -0.25) is 9.59 Å². The van der Waals surface area contributed by atoms with Crippen LogP contribution in [-0.4, -0.2) is 31.5 Å². The van der Waals surface area contributed by atoms with Crippen molar-refractivity contribution in [3.63, 3.8) is 0 Å². The number of benzene rings is 2. The van der Waals surface area contributed by atoms with Crippen molar-refractivity contribution in [3.05, 3.63) is 71.4 Å². The summed E-state index contributed by atoms with van der Waals surface area (Å²) in [5.74, 6) is -0.987. The van der Waals surface area contributed by atoms with E-state index in [1.807, 2.05) is 18.2 Å². The van der Waals surface area contributed by atoms with Gasteiger partial charge in [-0.2, -0.15) is 0 Å². The van der Waals surface area contributed by atoms with Gasteiger partial charge in [0.15, 0.2) is 6.61 Å². The Morgan fingerprint density at radius 1 is 1.04 bits per heavy atom. The molecule has 28 heavy (non-hydrogen) atoms. The van der Waals surface area contributed by atoms with E-state index in [9.17, 15) is 14.4 Å². The van der Waals surface area contributed by atoms with Crippen molar-refractivity contribution >= 4 is 23.9 Å². The van der Waals surface area contributed by atoms with Crippen LogP contribution in [0.3, 0.4) is 0 Å². The zero-order valence-electron chi connectivity index (χ0n) is 15.7. The summed E-state index contributed by atoms with van der Waals surface area (Å²) in [4.78, 5) is 35.5. The summed E-state index contributed by atoms with van der Waals surface area (Å²) in [7, 11) is 1.56. The second kappa shape index (κ2) is 10.5. The molecule has 7 heteroatoms. The SMILES string of the molecule is COc1cccc(CNC(=O)COC(=O)/C(=C/c2ccccc2)NC(C)=O)c1. The molecule has 146 valence electrons. The molecule has 0 heterocycles. The maximum Gasteiger partial charge on any atom is 0.355 e. The lowest BCUT2D eigenvalue weighted by Crippen LogP contribution is -2.31. The molecule has 2 aromatic rings. The molecule has 0 radical (unpaired) electrons. The van der Waals surface area contributed by atoms with E-state index in [2.05, 4.69) is 10.6 Å². The van der Waals surface area contributed by atoms with Gasteiger partial charge in [-0.05, 0) is 29.3 Å². The van der Waals surface area contributed by atoms with Crippen molar-refractivity contribution in [1.29, 1.82) is 0 Å². The highest BCUT2D eigenvalue weighted by molar-refractivity contribution is 5.98. The first-order valence-corrected chi connectivity index (χ1v) is 8.59. The normalized spacial score (nSPS) is 10.7. The summed E-state index contributed by atoms with van der Waals surface area (Å²) in [5.41, 5.74) is 1.52. The fraction of sp³-hybridized carbons (Fsp3) is 0.190. The number of rotatable bonds is 8. The van der Waals surface area contributed by atoms with Crippen LogP contribution in [0.5, 0.6) is 5.75 Å². The van der Waals surface area contributed by atoms with Gasteiger partial charge in [0, 0.05) is 13.5 Å². The Balaban J connectivity index is 1.91.